The predicted molar refractivity (Wildman–Crippen MR) is 52.9 cm³/mol. The number of esters is 1. The first-order valence-electron chi connectivity index (χ1n) is 5.70. The van der Waals surface area contributed by atoms with Crippen LogP contribution in [0.5, 0.6) is 0 Å². The number of ether oxygens (including phenoxy) is 1. The number of hydrogen-bond donors (Lipinski definition) is 0. The third kappa shape index (κ3) is 1.39. The Morgan fingerprint density at radius 2 is 2.20 bits per heavy atom. The Bertz CT molecular complexity index is 300. The van der Waals surface area contributed by atoms with Gasteiger partial charge in [-0.2, -0.15) is 5.06 Å². The highest BCUT2D eigenvalue weighted by Gasteiger charge is 2.63. The first kappa shape index (κ1) is 9.60. The van der Waals surface area contributed by atoms with Crippen LogP contribution < -0.4 is 0 Å². The van der Waals surface area contributed by atoms with Crippen LogP contribution in [-0.4, -0.2) is 35.8 Å². The van der Waals surface area contributed by atoms with Crippen LogP contribution in [0.3, 0.4) is 0 Å². The smallest absolute Gasteiger partial charge is 0.302 e. The highest BCUT2D eigenvalue weighted by molar-refractivity contribution is 5.66. The van der Waals surface area contributed by atoms with Crippen molar-refractivity contribution in [3.63, 3.8) is 0 Å². The van der Waals surface area contributed by atoms with Crippen molar-refractivity contribution in [1.29, 1.82) is 0 Å². The summed E-state index contributed by atoms with van der Waals surface area (Å²) in [6.45, 7) is 1.49. The van der Waals surface area contributed by atoms with Gasteiger partial charge in [0.2, 0.25) is 0 Å². The second kappa shape index (κ2) is 2.95. The molecule has 1 saturated heterocycles. The second-order valence-electron chi connectivity index (χ2n) is 5.08. The van der Waals surface area contributed by atoms with Crippen molar-refractivity contribution < 1.29 is 14.4 Å². The minimum Gasteiger partial charge on any atom is -0.462 e. The van der Waals surface area contributed by atoms with Gasteiger partial charge in [-0.05, 0) is 19.3 Å². The van der Waals surface area contributed by atoms with Crippen LogP contribution in [0.15, 0.2) is 0 Å². The summed E-state index contributed by atoms with van der Waals surface area (Å²) in [5, 5.41) is 1.99. The van der Waals surface area contributed by atoms with E-state index in [1.54, 1.807) is 0 Å². The summed E-state index contributed by atoms with van der Waals surface area (Å²) in [7, 11) is 2.00. The Morgan fingerprint density at radius 3 is 2.80 bits per heavy atom. The van der Waals surface area contributed by atoms with Crippen LogP contribution in [0.4, 0.5) is 0 Å². The fourth-order valence-electron chi connectivity index (χ4n) is 3.28. The second-order valence-corrected chi connectivity index (χ2v) is 5.08. The summed E-state index contributed by atoms with van der Waals surface area (Å²) < 4.78 is 5.30. The van der Waals surface area contributed by atoms with E-state index < -0.39 is 0 Å². The molecule has 0 N–H and O–H groups in total. The molecule has 0 amide bonds. The fourth-order valence-corrected chi connectivity index (χ4v) is 3.28. The Labute approximate surface area is 89.5 Å². The van der Waals surface area contributed by atoms with Crippen molar-refractivity contribution in [2.45, 2.75) is 50.4 Å². The molecule has 4 heteroatoms. The van der Waals surface area contributed by atoms with Crippen molar-refractivity contribution in [1.82, 2.24) is 5.06 Å². The van der Waals surface area contributed by atoms with Crippen LogP contribution in [0.2, 0.25) is 0 Å². The fraction of sp³-hybridized carbons (Fsp3) is 0.909. The average Bonchev–Trinajstić information content (AvgIpc) is 2.70. The monoisotopic (exact) mass is 211 g/mol. The van der Waals surface area contributed by atoms with E-state index in [4.69, 9.17) is 9.57 Å². The largest absolute Gasteiger partial charge is 0.462 e. The SMILES string of the molecule is CC(=O)O[C@@H]1C[C@@H]2[C@H](C1)N(C)OC21CC1. The lowest BCUT2D eigenvalue weighted by Crippen LogP contribution is -2.26. The quantitative estimate of drug-likeness (QED) is 0.609. The predicted octanol–water partition coefficient (Wildman–Crippen LogP) is 1.11. The molecule has 4 nitrogen and oxygen atoms in total. The third-order valence-corrected chi connectivity index (χ3v) is 4.03. The summed E-state index contributed by atoms with van der Waals surface area (Å²) >= 11 is 0. The van der Waals surface area contributed by atoms with E-state index in [-0.39, 0.29) is 17.7 Å². The summed E-state index contributed by atoms with van der Waals surface area (Å²) in [5.41, 5.74) is 0.119. The standard InChI is InChI=1S/C11H17NO3/c1-7(13)14-8-5-9-10(6-8)12(2)15-11(9)3-4-11/h8-10H,3-6H2,1-2H3/t8-,9-,10+/m1/s1. The lowest BCUT2D eigenvalue weighted by molar-refractivity contribution is -0.167. The van der Waals surface area contributed by atoms with Gasteiger partial charge in [0, 0.05) is 32.4 Å². The van der Waals surface area contributed by atoms with Crippen LogP contribution in [-0.2, 0) is 14.4 Å². The number of hydrogen-bond acceptors (Lipinski definition) is 4. The zero-order valence-corrected chi connectivity index (χ0v) is 9.23. The van der Waals surface area contributed by atoms with Gasteiger partial charge in [-0.3, -0.25) is 9.63 Å². The molecule has 0 bridgehead atoms. The van der Waals surface area contributed by atoms with Gasteiger partial charge in [0.05, 0.1) is 5.60 Å². The van der Waals surface area contributed by atoms with E-state index in [1.807, 2.05) is 12.1 Å². The Hall–Kier alpha value is -0.610. The zero-order chi connectivity index (χ0) is 10.6. The van der Waals surface area contributed by atoms with E-state index >= 15 is 0 Å². The molecule has 1 aliphatic heterocycles. The molecular weight excluding hydrogens is 194 g/mol. The maximum atomic E-state index is 10.9. The molecular formula is C11H17NO3. The van der Waals surface area contributed by atoms with E-state index in [2.05, 4.69) is 0 Å². The number of nitrogens with zero attached hydrogens (tertiary/aromatic N) is 1. The molecule has 84 valence electrons. The first-order valence-corrected chi connectivity index (χ1v) is 5.70. The van der Waals surface area contributed by atoms with Gasteiger partial charge in [-0.15, -0.1) is 0 Å². The molecule has 0 aromatic rings. The van der Waals surface area contributed by atoms with Crippen molar-refractivity contribution in [3.05, 3.63) is 0 Å². The molecule has 0 aromatic heterocycles. The molecule has 3 atom stereocenters. The molecule has 0 aromatic carbocycles. The minimum atomic E-state index is -0.159. The number of hydroxylamine groups is 2. The third-order valence-electron chi connectivity index (χ3n) is 4.03. The Morgan fingerprint density at radius 1 is 1.47 bits per heavy atom. The summed E-state index contributed by atoms with van der Waals surface area (Å²) in [6, 6.07) is 0.455. The number of carbonyl (C=O) groups excluding carboxylic acids is 1. The molecule has 3 fully saturated rings. The topological polar surface area (TPSA) is 38.8 Å². The first-order chi connectivity index (χ1) is 7.11. The molecule has 15 heavy (non-hydrogen) atoms. The normalized spacial score (nSPS) is 41.9. The molecule has 0 unspecified atom stereocenters. The molecule has 3 rings (SSSR count). The van der Waals surface area contributed by atoms with E-state index in [0.29, 0.717) is 12.0 Å². The van der Waals surface area contributed by atoms with Crippen LogP contribution in [0, 0.1) is 5.92 Å². The van der Waals surface area contributed by atoms with Gasteiger partial charge >= 0.3 is 5.97 Å². The average molecular weight is 211 g/mol. The van der Waals surface area contributed by atoms with Gasteiger partial charge < -0.3 is 4.74 Å². The van der Waals surface area contributed by atoms with Crippen LogP contribution >= 0.6 is 0 Å². The number of fused-ring (bicyclic) bond motifs is 2. The van der Waals surface area contributed by atoms with Crippen molar-refractivity contribution in [2.75, 3.05) is 7.05 Å². The molecule has 1 spiro atoms. The minimum absolute atomic E-state index is 0.112. The van der Waals surface area contributed by atoms with Crippen LogP contribution in [0.25, 0.3) is 0 Å². The lowest BCUT2D eigenvalue weighted by atomic mass is 9.96. The van der Waals surface area contributed by atoms with E-state index in [0.717, 1.165) is 12.8 Å². The van der Waals surface area contributed by atoms with Gasteiger partial charge in [0.15, 0.2) is 0 Å². The van der Waals surface area contributed by atoms with Gasteiger partial charge in [0.1, 0.15) is 6.10 Å². The number of carbonyl (C=O) groups is 1. The van der Waals surface area contributed by atoms with Gasteiger partial charge in [-0.25, -0.2) is 0 Å². The maximum absolute atomic E-state index is 10.9. The number of rotatable bonds is 1. The van der Waals surface area contributed by atoms with Gasteiger partial charge in [0.25, 0.3) is 0 Å². The highest BCUT2D eigenvalue weighted by Crippen LogP contribution is 2.58. The molecule has 2 aliphatic carbocycles. The molecule has 2 saturated carbocycles. The molecule has 0 radical (unpaired) electrons. The maximum Gasteiger partial charge on any atom is 0.302 e. The summed E-state index contributed by atoms with van der Waals surface area (Å²) in [6.07, 6.45) is 4.37. The van der Waals surface area contributed by atoms with Gasteiger partial charge in [-0.1, -0.05) is 0 Å². The summed E-state index contributed by atoms with van der Waals surface area (Å²) in [5.74, 6) is 0.417. The van der Waals surface area contributed by atoms with Crippen molar-refractivity contribution >= 4 is 5.97 Å². The van der Waals surface area contributed by atoms with Crippen LogP contribution in [0.1, 0.15) is 32.6 Å². The lowest BCUT2D eigenvalue weighted by Gasteiger charge is -2.18. The van der Waals surface area contributed by atoms with E-state index in [9.17, 15) is 4.79 Å². The van der Waals surface area contributed by atoms with Crippen molar-refractivity contribution in [3.8, 4) is 0 Å². The Kier molecular flexibility index (Phi) is 1.89. The van der Waals surface area contributed by atoms with E-state index in [1.165, 1.54) is 19.8 Å². The molecule has 1 heterocycles. The zero-order valence-electron chi connectivity index (χ0n) is 9.23. The summed E-state index contributed by atoms with van der Waals surface area (Å²) in [4.78, 5) is 16.8. The highest BCUT2D eigenvalue weighted by atomic mass is 16.7. The van der Waals surface area contributed by atoms with Crippen molar-refractivity contribution in [2.24, 2.45) is 5.92 Å². The molecule has 3 aliphatic rings. The Balaban J connectivity index is 1.72.